The Hall–Kier alpha value is -4.78. The van der Waals surface area contributed by atoms with Crippen molar-refractivity contribution in [2.24, 2.45) is 5.92 Å². The van der Waals surface area contributed by atoms with E-state index in [2.05, 4.69) is 0 Å². The van der Waals surface area contributed by atoms with Gasteiger partial charge >= 0.3 is 17.9 Å². The number of fused-ring (bicyclic) bond motifs is 1. The zero-order valence-corrected chi connectivity index (χ0v) is 25.7. The van der Waals surface area contributed by atoms with Gasteiger partial charge in [0, 0.05) is 30.7 Å². The summed E-state index contributed by atoms with van der Waals surface area (Å²) in [7, 11) is 0. The minimum absolute atomic E-state index is 0.0904. The lowest BCUT2D eigenvalue weighted by molar-refractivity contribution is -0.384. The minimum atomic E-state index is -1.08. The topological polar surface area (TPSA) is 159 Å². The zero-order valence-electron chi connectivity index (χ0n) is 24.9. The molecule has 0 radical (unpaired) electrons. The van der Waals surface area contributed by atoms with E-state index in [0.29, 0.717) is 17.7 Å². The van der Waals surface area contributed by atoms with Crippen LogP contribution < -0.4 is 4.74 Å². The van der Waals surface area contributed by atoms with Crippen molar-refractivity contribution in [2.45, 2.75) is 51.0 Å². The molecule has 0 unspecified atom stereocenters. The quantitative estimate of drug-likeness (QED) is 0.104. The van der Waals surface area contributed by atoms with Gasteiger partial charge in [0.25, 0.3) is 5.69 Å². The normalized spacial score (nSPS) is 17.8. The average molecular weight is 637 g/mol. The number of benzene rings is 2. The van der Waals surface area contributed by atoms with Crippen LogP contribution >= 0.6 is 11.8 Å². The predicted octanol–water partition coefficient (Wildman–Crippen LogP) is 4.78. The number of non-ortho nitro benzene ring substituents is 1. The number of ether oxygens (including phenoxy) is 3. The third-order valence-electron chi connectivity index (χ3n) is 6.65. The average Bonchev–Trinajstić information content (AvgIpc) is 3.00. The SMILES string of the molecule is CC(C)(C)OC(=O)CC/C=C/C1=C(C(=O)OC(=O)c2ccc([N+](=O)[O-])cc2)N2C(=O)[C@@H](CC(=O)COc3ccccc3)[C@H]2SC1. The van der Waals surface area contributed by atoms with E-state index in [0.717, 1.165) is 24.3 Å². The predicted molar refractivity (Wildman–Crippen MR) is 163 cm³/mol. The molecule has 4 rings (SSSR count). The molecule has 45 heavy (non-hydrogen) atoms. The lowest BCUT2D eigenvalue weighted by Gasteiger charge is -2.49. The summed E-state index contributed by atoms with van der Waals surface area (Å²) in [6, 6.07) is 13.3. The van der Waals surface area contributed by atoms with Crippen LogP contribution in [0.3, 0.4) is 0 Å². The number of rotatable bonds is 12. The Balaban J connectivity index is 1.48. The van der Waals surface area contributed by atoms with Gasteiger partial charge in [0.2, 0.25) is 5.91 Å². The number of amides is 1. The fourth-order valence-corrected chi connectivity index (χ4v) is 6.00. The van der Waals surface area contributed by atoms with Gasteiger partial charge in [-0.25, -0.2) is 9.59 Å². The van der Waals surface area contributed by atoms with Crippen molar-refractivity contribution in [3.05, 3.63) is 93.7 Å². The standard InChI is InChI=1S/C32H32N2O10S/c1-32(2,3)44-26(36)12-8-7-9-21-19-45-29-25(17-23(35)18-42-24-10-5-4-6-11-24)28(37)33(29)27(21)31(39)43-30(38)20-13-15-22(16-14-20)34(40)41/h4-7,9-11,13-16,25,29H,8,12,17-19H2,1-3H3/b9-7+/t25-,29-/m1/s1. The molecule has 0 spiro atoms. The molecule has 2 aromatic rings. The number of carbonyl (C=O) groups is 5. The van der Waals surface area contributed by atoms with Crippen molar-refractivity contribution in [3.8, 4) is 5.75 Å². The molecule has 2 aliphatic heterocycles. The fourth-order valence-electron chi connectivity index (χ4n) is 4.61. The summed E-state index contributed by atoms with van der Waals surface area (Å²) < 4.78 is 15.9. The molecule has 1 saturated heterocycles. The van der Waals surface area contributed by atoms with Crippen LogP contribution in [-0.4, -0.2) is 62.8 Å². The number of nitro groups is 1. The highest BCUT2D eigenvalue weighted by Gasteiger charge is 2.54. The van der Waals surface area contributed by atoms with Crippen molar-refractivity contribution in [1.29, 1.82) is 0 Å². The van der Waals surface area contributed by atoms with Crippen LogP contribution in [0, 0.1) is 16.0 Å². The second-order valence-electron chi connectivity index (χ2n) is 11.2. The number of hydrogen-bond donors (Lipinski definition) is 0. The number of para-hydroxylation sites is 1. The summed E-state index contributed by atoms with van der Waals surface area (Å²) in [5, 5.41) is 10.4. The second-order valence-corrected chi connectivity index (χ2v) is 12.3. The summed E-state index contributed by atoms with van der Waals surface area (Å²) in [6.45, 7) is 5.07. The molecule has 2 heterocycles. The number of ketones is 1. The van der Waals surface area contributed by atoms with Crippen LogP contribution in [0.15, 0.2) is 78.0 Å². The maximum Gasteiger partial charge on any atom is 0.363 e. The Morgan fingerprint density at radius 3 is 2.38 bits per heavy atom. The van der Waals surface area contributed by atoms with Gasteiger partial charge in [-0.3, -0.25) is 29.4 Å². The molecule has 0 N–H and O–H groups in total. The molecular formula is C32H32N2O10S. The van der Waals surface area contributed by atoms with Gasteiger partial charge in [0.1, 0.15) is 23.7 Å². The molecule has 2 aliphatic rings. The van der Waals surface area contributed by atoms with Crippen molar-refractivity contribution < 1.29 is 43.1 Å². The first-order chi connectivity index (χ1) is 21.3. The highest BCUT2D eigenvalue weighted by molar-refractivity contribution is 8.00. The number of hydrogen-bond acceptors (Lipinski definition) is 11. The lowest BCUT2D eigenvalue weighted by Crippen LogP contribution is -2.62. The van der Waals surface area contributed by atoms with E-state index in [9.17, 15) is 34.1 Å². The van der Waals surface area contributed by atoms with Gasteiger partial charge in [-0.2, -0.15) is 0 Å². The first-order valence-electron chi connectivity index (χ1n) is 14.1. The minimum Gasteiger partial charge on any atom is -0.486 e. The van der Waals surface area contributed by atoms with E-state index in [1.807, 2.05) is 6.07 Å². The Morgan fingerprint density at radius 1 is 1.04 bits per heavy atom. The number of nitro benzene ring substituents is 1. The number of β-lactam (4-membered cyclic amide) rings is 1. The van der Waals surface area contributed by atoms with Crippen LogP contribution in [0.2, 0.25) is 0 Å². The van der Waals surface area contributed by atoms with Gasteiger partial charge in [0.05, 0.1) is 21.8 Å². The van der Waals surface area contributed by atoms with Crippen molar-refractivity contribution in [1.82, 2.24) is 4.90 Å². The van der Waals surface area contributed by atoms with Crippen molar-refractivity contribution >= 4 is 47.0 Å². The summed E-state index contributed by atoms with van der Waals surface area (Å²) >= 11 is 1.36. The van der Waals surface area contributed by atoms with Crippen molar-refractivity contribution in [3.63, 3.8) is 0 Å². The van der Waals surface area contributed by atoms with Crippen LogP contribution in [0.5, 0.6) is 5.75 Å². The Kier molecular flexibility index (Phi) is 10.6. The van der Waals surface area contributed by atoms with Gasteiger partial charge in [0.15, 0.2) is 5.78 Å². The zero-order chi connectivity index (χ0) is 32.7. The van der Waals surface area contributed by atoms with Crippen LogP contribution in [-0.2, 0) is 28.7 Å². The highest BCUT2D eigenvalue weighted by Crippen LogP contribution is 2.45. The molecule has 1 amide bonds. The van der Waals surface area contributed by atoms with Gasteiger partial charge < -0.3 is 14.2 Å². The lowest BCUT2D eigenvalue weighted by atomic mass is 9.90. The van der Waals surface area contributed by atoms with E-state index in [1.54, 1.807) is 57.2 Å². The second kappa shape index (κ2) is 14.3. The molecule has 1 fully saturated rings. The molecule has 13 heteroatoms. The van der Waals surface area contributed by atoms with Gasteiger partial charge in [-0.05, 0) is 57.0 Å². The molecular weight excluding hydrogens is 604 g/mol. The molecule has 12 nitrogen and oxygen atoms in total. The largest absolute Gasteiger partial charge is 0.486 e. The number of esters is 3. The summed E-state index contributed by atoms with van der Waals surface area (Å²) in [5.74, 6) is -3.21. The Labute approximate surface area is 263 Å². The van der Waals surface area contributed by atoms with Crippen LogP contribution in [0.25, 0.3) is 0 Å². The van der Waals surface area contributed by atoms with E-state index in [1.165, 1.54) is 16.7 Å². The summed E-state index contributed by atoms with van der Waals surface area (Å²) in [5.41, 5.74) is -0.714. The molecule has 0 aliphatic carbocycles. The number of carbonyl (C=O) groups excluding carboxylic acids is 5. The maximum atomic E-state index is 13.4. The van der Waals surface area contributed by atoms with E-state index < -0.39 is 45.6 Å². The first kappa shape index (κ1) is 33.1. The summed E-state index contributed by atoms with van der Waals surface area (Å²) in [6.07, 6.45) is 3.55. The number of nitrogens with zero attached hydrogens (tertiary/aromatic N) is 2. The Morgan fingerprint density at radius 2 is 1.73 bits per heavy atom. The number of allylic oxidation sites excluding steroid dienone is 2. The first-order valence-corrected chi connectivity index (χ1v) is 15.2. The maximum absolute atomic E-state index is 13.4. The molecule has 0 aromatic heterocycles. The molecule has 0 saturated carbocycles. The molecule has 236 valence electrons. The molecule has 0 bridgehead atoms. The van der Waals surface area contributed by atoms with Crippen molar-refractivity contribution in [2.75, 3.05) is 12.4 Å². The third-order valence-corrected chi connectivity index (χ3v) is 8.00. The van der Waals surface area contributed by atoms with E-state index >= 15 is 0 Å². The van der Waals surface area contributed by atoms with Gasteiger partial charge in [-0.1, -0.05) is 30.4 Å². The fraction of sp³-hybridized carbons (Fsp3) is 0.344. The summed E-state index contributed by atoms with van der Waals surface area (Å²) in [4.78, 5) is 75.7. The number of thioether (sulfide) groups is 1. The monoisotopic (exact) mass is 636 g/mol. The Bertz CT molecular complexity index is 1540. The van der Waals surface area contributed by atoms with E-state index in [-0.39, 0.29) is 47.9 Å². The van der Waals surface area contributed by atoms with E-state index in [4.69, 9.17) is 14.2 Å². The van der Waals surface area contributed by atoms with Crippen LogP contribution in [0.4, 0.5) is 5.69 Å². The molecule has 2 aromatic carbocycles. The third kappa shape index (κ3) is 8.66. The van der Waals surface area contributed by atoms with Crippen LogP contribution in [0.1, 0.15) is 50.4 Å². The van der Waals surface area contributed by atoms with Gasteiger partial charge in [-0.15, -0.1) is 11.8 Å². The highest BCUT2D eigenvalue weighted by atomic mass is 32.2. The number of Topliss-reactive ketones (excluding diaryl/α,β-unsaturated/α-hetero) is 1. The molecule has 2 atom stereocenters. The smallest absolute Gasteiger partial charge is 0.363 e.